The Kier molecular flexibility index (Phi) is 7.12. The van der Waals surface area contributed by atoms with Gasteiger partial charge in [-0.05, 0) is 44.4 Å². The number of ketones is 1. The number of allylic oxidation sites excluding steroid dienone is 5. The highest BCUT2D eigenvalue weighted by Gasteiger charge is 2.31. The number of benzene rings is 1. The van der Waals surface area contributed by atoms with E-state index in [4.69, 9.17) is 5.11 Å². The molecule has 5 nitrogen and oxygen atoms in total. The van der Waals surface area contributed by atoms with Crippen LogP contribution < -0.4 is 0 Å². The number of rotatable bonds is 9. The number of carbonyl (C=O) groups is 2. The molecule has 29 heavy (non-hydrogen) atoms. The zero-order valence-electron chi connectivity index (χ0n) is 16.3. The van der Waals surface area contributed by atoms with Crippen LogP contribution in [0.1, 0.15) is 43.7 Å². The predicted octanol–water partition coefficient (Wildman–Crippen LogP) is 4.85. The van der Waals surface area contributed by atoms with Crippen LogP contribution in [0.2, 0.25) is 0 Å². The monoisotopic (exact) mass is 411 g/mol. The second kappa shape index (κ2) is 9.76. The minimum absolute atomic E-state index is 0.0461. The molecule has 1 heterocycles. The van der Waals surface area contributed by atoms with Crippen molar-refractivity contribution in [2.24, 2.45) is 11.8 Å². The fourth-order valence-corrected chi connectivity index (χ4v) is 4.46. The number of carboxylic acids is 1. The molecule has 0 aliphatic heterocycles. The Bertz CT molecular complexity index is 939. The van der Waals surface area contributed by atoms with E-state index < -0.39 is 12.1 Å². The number of thiazole rings is 1. The van der Waals surface area contributed by atoms with Gasteiger partial charge in [0.15, 0.2) is 5.78 Å². The van der Waals surface area contributed by atoms with Crippen LogP contribution in [0, 0.1) is 11.8 Å². The molecule has 0 radical (unpaired) electrons. The lowest BCUT2D eigenvalue weighted by Crippen LogP contribution is -2.15. The Labute approximate surface area is 174 Å². The summed E-state index contributed by atoms with van der Waals surface area (Å²) in [7, 11) is 0. The number of aromatic nitrogens is 1. The van der Waals surface area contributed by atoms with Gasteiger partial charge in [-0.25, -0.2) is 4.98 Å². The number of nitrogens with zero attached hydrogens (tertiary/aromatic N) is 1. The lowest BCUT2D eigenvalue weighted by molar-refractivity contribution is -0.137. The number of hydrogen-bond donors (Lipinski definition) is 2. The molecule has 3 atom stereocenters. The molecule has 0 unspecified atom stereocenters. The average Bonchev–Trinajstić information content (AvgIpc) is 3.23. The summed E-state index contributed by atoms with van der Waals surface area (Å²) >= 11 is 1.47. The summed E-state index contributed by atoms with van der Waals surface area (Å²) in [6.45, 7) is 1.94. The SMILES string of the molecule is CC1=CC(=O)[C@H](C/C=C\CCCC(=O)O)[C@H]1/C=C/[C@@H](O)c1nc2ccccc2s1. The third-order valence-corrected chi connectivity index (χ3v) is 6.18. The van der Waals surface area contributed by atoms with Crippen molar-refractivity contribution in [2.75, 3.05) is 0 Å². The van der Waals surface area contributed by atoms with Crippen molar-refractivity contribution in [1.82, 2.24) is 4.98 Å². The molecule has 3 rings (SSSR count). The summed E-state index contributed by atoms with van der Waals surface area (Å²) in [4.78, 5) is 27.4. The van der Waals surface area contributed by atoms with Crippen molar-refractivity contribution in [3.8, 4) is 0 Å². The van der Waals surface area contributed by atoms with Crippen LogP contribution in [0.3, 0.4) is 0 Å². The van der Waals surface area contributed by atoms with E-state index in [1.54, 1.807) is 12.2 Å². The number of aliphatic carboxylic acids is 1. The fourth-order valence-electron chi connectivity index (χ4n) is 3.53. The minimum Gasteiger partial charge on any atom is -0.481 e. The van der Waals surface area contributed by atoms with E-state index in [0.717, 1.165) is 15.8 Å². The number of aliphatic hydroxyl groups is 1. The highest BCUT2D eigenvalue weighted by Crippen LogP contribution is 2.34. The molecule has 0 amide bonds. The van der Waals surface area contributed by atoms with Crippen LogP contribution in [0.25, 0.3) is 10.2 Å². The molecule has 0 spiro atoms. The number of para-hydroxylation sites is 1. The van der Waals surface area contributed by atoms with Crippen LogP contribution in [-0.2, 0) is 9.59 Å². The number of carboxylic acid groups (broad SMARTS) is 1. The van der Waals surface area contributed by atoms with Crippen LogP contribution in [-0.4, -0.2) is 26.9 Å². The van der Waals surface area contributed by atoms with Crippen LogP contribution in [0.4, 0.5) is 0 Å². The molecule has 0 saturated carbocycles. The van der Waals surface area contributed by atoms with E-state index in [2.05, 4.69) is 4.98 Å². The second-order valence-electron chi connectivity index (χ2n) is 7.27. The van der Waals surface area contributed by atoms with Gasteiger partial charge in [0, 0.05) is 18.3 Å². The van der Waals surface area contributed by atoms with E-state index in [1.165, 1.54) is 11.3 Å². The summed E-state index contributed by atoms with van der Waals surface area (Å²) in [5, 5.41) is 19.8. The van der Waals surface area contributed by atoms with Crippen molar-refractivity contribution < 1.29 is 19.8 Å². The zero-order chi connectivity index (χ0) is 20.8. The van der Waals surface area contributed by atoms with Crippen LogP contribution in [0.15, 0.2) is 60.2 Å². The van der Waals surface area contributed by atoms with Gasteiger partial charge in [-0.2, -0.15) is 0 Å². The average molecular weight is 412 g/mol. The third-order valence-electron chi connectivity index (χ3n) is 5.08. The van der Waals surface area contributed by atoms with Gasteiger partial charge in [0.2, 0.25) is 0 Å². The lowest BCUT2D eigenvalue weighted by atomic mass is 9.87. The van der Waals surface area contributed by atoms with Crippen molar-refractivity contribution in [2.45, 2.75) is 38.7 Å². The second-order valence-corrected chi connectivity index (χ2v) is 8.33. The maximum Gasteiger partial charge on any atom is 0.303 e. The molecule has 2 N–H and O–H groups in total. The molecule has 1 aliphatic carbocycles. The first-order valence-corrected chi connectivity index (χ1v) is 10.6. The maximum absolute atomic E-state index is 12.3. The standard InChI is InChI=1S/C23H25NO4S/c1-15-14-20(26)17(8-4-2-3-5-11-22(27)28)16(15)12-13-19(25)23-24-18-9-6-7-10-21(18)29-23/h2,4,6-7,9-10,12-14,16-17,19,25H,3,5,8,11H2,1H3,(H,27,28)/b4-2-,13-12+/t16-,17+,19+/m0/s1. The summed E-state index contributed by atoms with van der Waals surface area (Å²) in [5.74, 6) is -0.914. The van der Waals surface area contributed by atoms with Crippen molar-refractivity contribution in [3.63, 3.8) is 0 Å². The van der Waals surface area contributed by atoms with Gasteiger partial charge in [-0.1, -0.05) is 42.0 Å². The molecule has 1 aliphatic rings. The van der Waals surface area contributed by atoms with Gasteiger partial charge in [-0.15, -0.1) is 11.3 Å². The van der Waals surface area contributed by atoms with Gasteiger partial charge >= 0.3 is 5.97 Å². The van der Waals surface area contributed by atoms with Gasteiger partial charge in [0.05, 0.1) is 10.2 Å². The quantitative estimate of drug-likeness (QED) is 0.455. The Hall–Kier alpha value is -2.57. The molecular formula is C23H25NO4S. The Morgan fingerprint density at radius 3 is 2.86 bits per heavy atom. The number of aliphatic hydroxyl groups excluding tert-OH is 1. The predicted molar refractivity (Wildman–Crippen MR) is 115 cm³/mol. The Morgan fingerprint density at radius 1 is 1.31 bits per heavy atom. The first-order chi connectivity index (χ1) is 14.0. The number of unbranched alkanes of at least 4 members (excludes halogenated alkanes) is 1. The smallest absolute Gasteiger partial charge is 0.303 e. The zero-order valence-corrected chi connectivity index (χ0v) is 17.1. The largest absolute Gasteiger partial charge is 0.481 e. The molecule has 2 aromatic rings. The van der Waals surface area contributed by atoms with Gasteiger partial charge in [0.1, 0.15) is 11.1 Å². The topological polar surface area (TPSA) is 87.5 Å². The molecule has 1 aromatic heterocycles. The maximum atomic E-state index is 12.3. The van der Waals surface area contributed by atoms with Crippen LogP contribution in [0.5, 0.6) is 0 Å². The molecular weight excluding hydrogens is 386 g/mol. The molecule has 0 bridgehead atoms. The first kappa shape index (κ1) is 21.1. The van der Waals surface area contributed by atoms with Gasteiger partial charge in [0.25, 0.3) is 0 Å². The van der Waals surface area contributed by atoms with Crippen molar-refractivity contribution in [1.29, 1.82) is 0 Å². The highest BCUT2D eigenvalue weighted by molar-refractivity contribution is 7.18. The van der Waals surface area contributed by atoms with Crippen molar-refractivity contribution >= 4 is 33.3 Å². The highest BCUT2D eigenvalue weighted by atomic mass is 32.1. The Balaban J connectivity index is 1.62. The van der Waals surface area contributed by atoms with E-state index in [9.17, 15) is 14.7 Å². The van der Waals surface area contributed by atoms with Gasteiger partial charge in [-0.3, -0.25) is 9.59 Å². The van der Waals surface area contributed by atoms with E-state index in [-0.39, 0.29) is 24.0 Å². The first-order valence-electron chi connectivity index (χ1n) is 9.76. The summed E-state index contributed by atoms with van der Waals surface area (Å²) in [6.07, 6.45) is 10.5. The fraction of sp³-hybridized carbons (Fsp3) is 0.348. The molecule has 152 valence electrons. The molecule has 6 heteroatoms. The molecule has 1 aromatic carbocycles. The van der Waals surface area contributed by atoms with Crippen LogP contribution >= 0.6 is 11.3 Å². The van der Waals surface area contributed by atoms with Gasteiger partial charge < -0.3 is 10.2 Å². The Morgan fingerprint density at radius 2 is 2.10 bits per heavy atom. The minimum atomic E-state index is -0.803. The number of fused-ring (bicyclic) bond motifs is 1. The summed E-state index contributed by atoms with van der Waals surface area (Å²) < 4.78 is 1.04. The number of hydrogen-bond acceptors (Lipinski definition) is 5. The molecule has 0 saturated heterocycles. The van der Waals surface area contributed by atoms with E-state index >= 15 is 0 Å². The third kappa shape index (κ3) is 5.49. The normalized spacial score (nSPS) is 20.8. The molecule has 0 fully saturated rings. The van der Waals surface area contributed by atoms with E-state index in [0.29, 0.717) is 24.3 Å². The summed E-state index contributed by atoms with van der Waals surface area (Å²) in [6, 6.07) is 7.78. The number of carbonyl (C=O) groups excluding carboxylic acids is 1. The lowest BCUT2D eigenvalue weighted by Gasteiger charge is -2.16. The van der Waals surface area contributed by atoms with Crippen molar-refractivity contribution in [3.05, 3.63) is 65.2 Å². The summed E-state index contributed by atoms with van der Waals surface area (Å²) in [5.41, 5.74) is 1.87. The van der Waals surface area contributed by atoms with E-state index in [1.807, 2.05) is 49.4 Å².